The van der Waals surface area contributed by atoms with Crippen LogP contribution in [0.2, 0.25) is 0 Å². The van der Waals surface area contributed by atoms with Crippen molar-refractivity contribution in [1.29, 1.82) is 0 Å². The molecule has 1 rings (SSSR count). The lowest BCUT2D eigenvalue weighted by molar-refractivity contribution is -0.436. The van der Waals surface area contributed by atoms with E-state index in [4.69, 9.17) is 0 Å². The van der Waals surface area contributed by atoms with E-state index in [0.29, 0.717) is 5.56 Å². The van der Waals surface area contributed by atoms with Crippen LogP contribution in [-0.4, -0.2) is 47.7 Å². The molecular weight excluding hydrogens is 481 g/mol. The van der Waals surface area contributed by atoms with E-state index in [2.05, 4.69) is 0 Å². The standard InChI is InChI=1S/C17H14F13NO/c1-9(7-8-10-5-3-2-4-6-10)31-11(32)12(18,19)13(20,21)14(22,23)15(24,25)16(26,27)17(28,29)30/h2-6,9H,7-8H2,1H3,(H,31,32). The average molecular weight is 495 g/mol. The van der Waals surface area contributed by atoms with Crippen LogP contribution in [0, 0.1) is 0 Å². The zero-order valence-electron chi connectivity index (χ0n) is 15.7. The summed E-state index contributed by atoms with van der Waals surface area (Å²) < 4.78 is 169. The molecule has 1 N–H and O–H groups in total. The van der Waals surface area contributed by atoms with Crippen molar-refractivity contribution >= 4 is 5.91 Å². The number of aryl methyl sites for hydroxylation is 1. The maximum Gasteiger partial charge on any atom is 0.460 e. The molecule has 0 bridgehead atoms. The van der Waals surface area contributed by atoms with Crippen molar-refractivity contribution in [3.05, 3.63) is 35.9 Å². The minimum absolute atomic E-state index is 0.0519. The summed E-state index contributed by atoms with van der Waals surface area (Å²) >= 11 is 0. The van der Waals surface area contributed by atoms with Gasteiger partial charge in [0.1, 0.15) is 0 Å². The third-order valence-corrected chi connectivity index (χ3v) is 4.30. The van der Waals surface area contributed by atoms with Gasteiger partial charge in [-0.05, 0) is 25.3 Å². The Morgan fingerprint density at radius 2 is 1.19 bits per heavy atom. The van der Waals surface area contributed by atoms with Gasteiger partial charge in [0.2, 0.25) is 0 Å². The molecule has 1 amide bonds. The summed E-state index contributed by atoms with van der Waals surface area (Å²) in [5.41, 5.74) is 0.575. The first-order chi connectivity index (χ1) is 14.1. The highest BCUT2D eigenvalue weighted by molar-refractivity contribution is 5.85. The van der Waals surface area contributed by atoms with Crippen LogP contribution in [0.5, 0.6) is 0 Å². The molecule has 184 valence electrons. The second kappa shape index (κ2) is 8.61. The van der Waals surface area contributed by atoms with E-state index >= 15 is 0 Å². The van der Waals surface area contributed by atoms with Gasteiger partial charge >= 0.3 is 35.8 Å². The molecule has 1 aromatic carbocycles. The average Bonchev–Trinajstić information content (AvgIpc) is 2.65. The topological polar surface area (TPSA) is 29.1 Å². The van der Waals surface area contributed by atoms with Gasteiger partial charge in [-0.2, -0.15) is 57.1 Å². The van der Waals surface area contributed by atoms with Crippen LogP contribution in [0.4, 0.5) is 57.1 Å². The van der Waals surface area contributed by atoms with Crippen LogP contribution in [0.15, 0.2) is 30.3 Å². The Morgan fingerprint density at radius 1 is 0.750 bits per heavy atom. The summed E-state index contributed by atoms with van der Waals surface area (Å²) in [4.78, 5) is 11.4. The fourth-order valence-electron chi connectivity index (χ4n) is 2.33. The molecule has 0 aliphatic heterocycles. The smallest absolute Gasteiger partial charge is 0.348 e. The fraction of sp³-hybridized carbons (Fsp3) is 0.588. The zero-order valence-corrected chi connectivity index (χ0v) is 15.7. The molecule has 1 atom stereocenters. The SMILES string of the molecule is CC(CCc1ccccc1)NC(=O)C(F)(F)C(F)(F)C(F)(F)C(F)(F)C(F)(F)C(F)(F)F. The van der Waals surface area contributed by atoms with E-state index in [1.54, 1.807) is 30.3 Å². The van der Waals surface area contributed by atoms with E-state index < -0.39 is 47.7 Å². The highest BCUT2D eigenvalue weighted by Crippen LogP contribution is 2.60. The Morgan fingerprint density at radius 3 is 1.62 bits per heavy atom. The quantitative estimate of drug-likeness (QED) is 0.428. The van der Waals surface area contributed by atoms with Crippen molar-refractivity contribution in [2.75, 3.05) is 0 Å². The molecule has 2 nitrogen and oxygen atoms in total. The second-order valence-corrected chi connectivity index (χ2v) is 6.77. The molecule has 1 unspecified atom stereocenters. The Balaban J connectivity index is 3.11. The van der Waals surface area contributed by atoms with E-state index in [-0.39, 0.29) is 12.8 Å². The maximum absolute atomic E-state index is 13.7. The van der Waals surface area contributed by atoms with Crippen LogP contribution in [0.3, 0.4) is 0 Å². The van der Waals surface area contributed by atoms with Gasteiger partial charge in [-0.3, -0.25) is 4.79 Å². The minimum atomic E-state index is -8.04. The van der Waals surface area contributed by atoms with E-state index in [1.165, 1.54) is 0 Å². The third-order valence-electron chi connectivity index (χ3n) is 4.30. The third kappa shape index (κ3) is 4.60. The van der Waals surface area contributed by atoms with Gasteiger partial charge in [-0.25, -0.2) is 0 Å². The first-order valence-corrected chi connectivity index (χ1v) is 8.45. The van der Waals surface area contributed by atoms with Crippen LogP contribution >= 0.6 is 0 Å². The zero-order chi connectivity index (χ0) is 25.4. The van der Waals surface area contributed by atoms with Crippen molar-refractivity contribution in [2.45, 2.75) is 61.6 Å². The van der Waals surface area contributed by atoms with Gasteiger partial charge < -0.3 is 5.32 Å². The Hall–Kier alpha value is -2.22. The van der Waals surface area contributed by atoms with Gasteiger partial charge in [-0.1, -0.05) is 30.3 Å². The molecule has 0 radical (unpaired) electrons. The van der Waals surface area contributed by atoms with Crippen LogP contribution in [0.25, 0.3) is 0 Å². The molecule has 0 saturated carbocycles. The summed E-state index contributed by atoms with van der Waals surface area (Å²) in [6, 6.07) is 6.38. The number of hydrogen-bond donors (Lipinski definition) is 1. The molecule has 0 aliphatic rings. The summed E-state index contributed by atoms with van der Waals surface area (Å²) in [7, 11) is 0. The van der Waals surface area contributed by atoms with Crippen LogP contribution < -0.4 is 5.32 Å². The summed E-state index contributed by atoms with van der Waals surface area (Å²) in [5, 5.41) is 1.13. The molecule has 0 aliphatic carbocycles. The largest absolute Gasteiger partial charge is 0.460 e. The molecular formula is C17H14F13NO. The number of amides is 1. The Labute approximate surface area is 171 Å². The highest BCUT2D eigenvalue weighted by Gasteiger charge is 2.91. The van der Waals surface area contributed by atoms with Gasteiger partial charge in [0.05, 0.1) is 0 Å². The van der Waals surface area contributed by atoms with Crippen molar-refractivity contribution in [1.82, 2.24) is 5.32 Å². The molecule has 0 spiro atoms. The van der Waals surface area contributed by atoms with Gasteiger partial charge in [-0.15, -0.1) is 0 Å². The van der Waals surface area contributed by atoms with Crippen molar-refractivity contribution in [3.8, 4) is 0 Å². The Kier molecular flexibility index (Phi) is 7.49. The lowest BCUT2D eigenvalue weighted by Gasteiger charge is -2.39. The number of rotatable bonds is 9. The van der Waals surface area contributed by atoms with Crippen molar-refractivity contribution in [2.24, 2.45) is 0 Å². The lowest BCUT2D eigenvalue weighted by Crippen LogP contribution is -2.72. The summed E-state index contributed by atoms with van der Waals surface area (Å²) in [6.45, 7) is 0.944. The molecule has 0 saturated heterocycles. The number of carbonyl (C=O) groups is 1. The molecule has 32 heavy (non-hydrogen) atoms. The summed E-state index contributed by atoms with van der Waals surface area (Å²) in [5.74, 6) is -41.6. The van der Waals surface area contributed by atoms with Gasteiger partial charge in [0, 0.05) is 6.04 Å². The van der Waals surface area contributed by atoms with Crippen LogP contribution in [-0.2, 0) is 11.2 Å². The molecule has 1 aromatic rings. The van der Waals surface area contributed by atoms with E-state index in [1.807, 2.05) is 0 Å². The van der Waals surface area contributed by atoms with Gasteiger partial charge in [0.15, 0.2) is 0 Å². The predicted molar refractivity (Wildman–Crippen MR) is 83.2 cm³/mol. The molecule has 15 heteroatoms. The van der Waals surface area contributed by atoms with E-state index in [9.17, 15) is 61.9 Å². The normalized spacial score (nSPS) is 15.4. The van der Waals surface area contributed by atoms with E-state index in [0.717, 1.165) is 12.2 Å². The van der Waals surface area contributed by atoms with Crippen LogP contribution in [0.1, 0.15) is 18.9 Å². The Bertz CT molecular complexity index is 789. The number of hydrogen-bond acceptors (Lipinski definition) is 1. The fourth-order valence-corrected chi connectivity index (χ4v) is 2.33. The summed E-state index contributed by atoms with van der Waals surface area (Å²) in [6.07, 6.45) is -7.69. The minimum Gasteiger partial charge on any atom is -0.348 e. The van der Waals surface area contributed by atoms with Crippen molar-refractivity contribution < 1.29 is 61.9 Å². The van der Waals surface area contributed by atoms with Crippen molar-refractivity contribution in [3.63, 3.8) is 0 Å². The number of alkyl halides is 13. The lowest BCUT2D eigenvalue weighted by atomic mass is 9.93. The maximum atomic E-state index is 13.7. The molecule has 0 aromatic heterocycles. The highest BCUT2D eigenvalue weighted by atomic mass is 19.4. The van der Waals surface area contributed by atoms with Gasteiger partial charge in [0.25, 0.3) is 5.91 Å². The first kappa shape index (κ1) is 27.8. The molecule has 0 fully saturated rings. The monoisotopic (exact) mass is 495 g/mol. The number of benzene rings is 1. The number of halogens is 13. The second-order valence-electron chi connectivity index (χ2n) is 6.77. The first-order valence-electron chi connectivity index (χ1n) is 8.45. The number of carbonyl (C=O) groups excluding carboxylic acids is 1. The predicted octanol–water partition coefficient (Wildman–Crippen LogP) is 5.86. The molecule has 0 heterocycles. The number of nitrogens with one attached hydrogen (secondary N) is 1.